The predicted octanol–water partition coefficient (Wildman–Crippen LogP) is 5.59. The first-order valence-electron chi connectivity index (χ1n) is 11.7. The third-order valence-electron chi connectivity index (χ3n) is 5.62. The molecule has 3 aromatic carbocycles. The average molecular weight is 578 g/mol. The van der Waals surface area contributed by atoms with Gasteiger partial charge in [0.1, 0.15) is 5.75 Å². The smallest absolute Gasteiger partial charge is 0.336 e. The van der Waals surface area contributed by atoms with Gasteiger partial charge >= 0.3 is 11.9 Å². The van der Waals surface area contributed by atoms with Crippen LogP contribution in [0, 0.1) is 0 Å². The van der Waals surface area contributed by atoms with Crippen molar-refractivity contribution in [3.63, 3.8) is 0 Å². The highest BCUT2D eigenvalue weighted by Crippen LogP contribution is 2.30. The van der Waals surface area contributed by atoms with E-state index in [1.165, 1.54) is 29.2 Å². The number of thiazole rings is 1. The third kappa shape index (κ3) is 6.84. The van der Waals surface area contributed by atoms with E-state index in [4.69, 9.17) is 9.84 Å². The van der Waals surface area contributed by atoms with Gasteiger partial charge in [-0.25, -0.2) is 14.6 Å². The summed E-state index contributed by atoms with van der Waals surface area (Å²) in [5.74, 6) is -2.98. The SMILES string of the molecule is COc1cccc(-c2csc(NC(=O)C(C)Sc3cccc(NC(=O)c4ccc(C(=O)O)cc4C(=O)O)c3)n2)c1. The second-order valence-corrected chi connectivity index (χ2v) is 10.6. The summed E-state index contributed by atoms with van der Waals surface area (Å²) in [7, 11) is 1.59. The molecule has 4 N–H and O–H groups in total. The number of carbonyl (C=O) groups is 4. The van der Waals surface area contributed by atoms with Crippen LogP contribution in [0.1, 0.15) is 38.0 Å². The van der Waals surface area contributed by atoms with Crippen molar-refractivity contribution in [1.82, 2.24) is 4.98 Å². The van der Waals surface area contributed by atoms with E-state index in [-0.39, 0.29) is 17.0 Å². The van der Waals surface area contributed by atoms with Crippen LogP contribution in [0.4, 0.5) is 10.8 Å². The number of aromatic carboxylic acids is 2. The molecule has 40 heavy (non-hydrogen) atoms. The Hall–Kier alpha value is -4.68. The summed E-state index contributed by atoms with van der Waals surface area (Å²) in [5.41, 5.74) is 1.11. The highest BCUT2D eigenvalue weighted by Gasteiger charge is 2.20. The summed E-state index contributed by atoms with van der Waals surface area (Å²) in [6.45, 7) is 1.74. The van der Waals surface area contributed by atoms with Crippen molar-refractivity contribution in [1.29, 1.82) is 0 Å². The standard InChI is InChI=1S/C28H23N3O7S2/c1-15(24(32)31-28-30-23(14-39-28)16-5-3-7-19(11-16)38-2)40-20-8-4-6-18(13-20)29-25(33)21-10-9-17(26(34)35)12-22(21)27(36)37/h3-15H,1-2H3,(H,29,33)(H,34,35)(H,36,37)(H,30,31,32). The zero-order chi connectivity index (χ0) is 28.8. The number of nitrogens with one attached hydrogen (secondary N) is 2. The summed E-state index contributed by atoms with van der Waals surface area (Å²) < 4.78 is 5.25. The molecule has 1 heterocycles. The Labute approximate surface area is 237 Å². The van der Waals surface area contributed by atoms with Crippen LogP contribution in [0.5, 0.6) is 5.75 Å². The molecule has 10 nitrogen and oxygen atoms in total. The normalized spacial score (nSPS) is 11.3. The Morgan fingerprint density at radius 2 is 1.70 bits per heavy atom. The molecule has 0 radical (unpaired) electrons. The molecule has 2 amide bonds. The monoisotopic (exact) mass is 577 g/mol. The molecule has 0 fully saturated rings. The van der Waals surface area contributed by atoms with Gasteiger partial charge in [0, 0.05) is 21.5 Å². The summed E-state index contributed by atoms with van der Waals surface area (Å²) >= 11 is 2.57. The first-order chi connectivity index (χ1) is 19.1. The van der Waals surface area contributed by atoms with Crippen molar-refractivity contribution < 1.29 is 34.1 Å². The maximum absolute atomic E-state index is 12.8. The molecule has 0 saturated heterocycles. The zero-order valence-corrected chi connectivity index (χ0v) is 22.8. The van der Waals surface area contributed by atoms with Crippen LogP contribution in [0.15, 0.2) is 77.0 Å². The van der Waals surface area contributed by atoms with E-state index in [0.29, 0.717) is 27.2 Å². The highest BCUT2D eigenvalue weighted by molar-refractivity contribution is 8.00. The molecule has 0 aliphatic carbocycles. The Kier molecular flexibility index (Phi) is 8.82. The van der Waals surface area contributed by atoms with Crippen LogP contribution in [-0.2, 0) is 4.79 Å². The molecule has 0 aliphatic rings. The largest absolute Gasteiger partial charge is 0.497 e. The second kappa shape index (κ2) is 12.5. The fourth-order valence-corrected chi connectivity index (χ4v) is 5.26. The number of rotatable bonds is 10. The Morgan fingerprint density at radius 1 is 0.925 bits per heavy atom. The van der Waals surface area contributed by atoms with Crippen LogP contribution in [0.2, 0.25) is 0 Å². The van der Waals surface area contributed by atoms with E-state index in [1.807, 2.05) is 29.6 Å². The number of methoxy groups -OCH3 is 1. The zero-order valence-electron chi connectivity index (χ0n) is 21.2. The lowest BCUT2D eigenvalue weighted by atomic mass is 10.0. The van der Waals surface area contributed by atoms with Gasteiger partial charge in [0.2, 0.25) is 5.91 Å². The molecule has 1 aromatic heterocycles. The first-order valence-corrected chi connectivity index (χ1v) is 13.5. The van der Waals surface area contributed by atoms with E-state index in [9.17, 15) is 24.3 Å². The van der Waals surface area contributed by atoms with Crippen LogP contribution in [0.3, 0.4) is 0 Å². The molecule has 1 unspecified atom stereocenters. The Balaban J connectivity index is 1.40. The van der Waals surface area contributed by atoms with Crippen molar-refractivity contribution in [2.45, 2.75) is 17.1 Å². The summed E-state index contributed by atoms with van der Waals surface area (Å²) in [5, 5.41) is 25.8. The van der Waals surface area contributed by atoms with Crippen LogP contribution in [0.25, 0.3) is 11.3 Å². The van der Waals surface area contributed by atoms with Crippen molar-refractivity contribution in [3.8, 4) is 17.0 Å². The van der Waals surface area contributed by atoms with Crippen LogP contribution < -0.4 is 15.4 Å². The predicted molar refractivity (Wildman–Crippen MR) is 153 cm³/mol. The molecule has 12 heteroatoms. The van der Waals surface area contributed by atoms with Gasteiger partial charge in [-0.1, -0.05) is 18.2 Å². The molecule has 0 aliphatic heterocycles. The van der Waals surface area contributed by atoms with Gasteiger partial charge in [0.05, 0.1) is 34.7 Å². The second-order valence-electron chi connectivity index (χ2n) is 8.37. The van der Waals surface area contributed by atoms with Gasteiger partial charge in [-0.2, -0.15) is 0 Å². The van der Waals surface area contributed by atoms with Crippen molar-refractivity contribution >= 4 is 57.7 Å². The molecule has 4 aromatic rings. The van der Waals surface area contributed by atoms with Gasteiger partial charge in [-0.05, 0) is 55.5 Å². The van der Waals surface area contributed by atoms with Crippen molar-refractivity contribution in [2.75, 3.05) is 17.7 Å². The van der Waals surface area contributed by atoms with Crippen LogP contribution >= 0.6 is 23.1 Å². The number of hydrogen-bond acceptors (Lipinski definition) is 8. The summed E-state index contributed by atoms with van der Waals surface area (Å²) in [4.78, 5) is 53.6. The maximum Gasteiger partial charge on any atom is 0.336 e. The molecule has 0 saturated carbocycles. The topological polar surface area (TPSA) is 155 Å². The number of aromatic nitrogens is 1. The van der Waals surface area contributed by atoms with Gasteiger partial charge in [-0.15, -0.1) is 23.1 Å². The molecule has 0 spiro atoms. The minimum absolute atomic E-state index is 0.180. The minimum atomic E-state index is -1.42. The third-order valence-corrected chi connectivity index (χ3v) is 7.47. The average Bonchev–Trinajstić information content (AvgIpc) is 3.41. The summed E-state index contributed by atoms with van der Waals surface area (Å²) in [6.07, 6.45) is 0. The van der Waals surface area contributed by atoms with E-state index < -0.39 is 28.7 Å². The fourth-order valence-electron chi connectivity index (χ4n) is 3.61. The van der Waals surface area contributed by atoms with E-state index in [2.05, 4.69) is 15.6 Å². The summed E-state index contributed by atoms with van der Waals surface area (Å²) in [6, 6.07) is 17.5. The number of carboxylic acid groups (broad SMARTS) is 2. The number of hydrogen-bond donors (Lipinski definition) is 4. The number of ether oxygens (including phenoxy) is 1. The number of benzene rings is 3. The lowest BCUT2D eigenvalue weighted by molar-refractivity contribution is -0.115. The Bertz CT molecular complexity index is 1600. The molecule has 0 bridgehead atoms. The quantitative estimate of drug-likeness (QED) is 0.177. The minimum Gasteiger partial charge on any atom is -0.497 e. The number of amides is 2. The van der Waals surface area contributed by atoms with E-state index in [0.717, 1.165) is 17.7 Å². The molecule has 204 valence electrons. The lowest BCUT2D eigenvalue weighted by Gasteiger charge is -2.12. The number of carbonyl (C=O) groups excluding carboxylic acids is 2. The fraction of sp³-hybridized carbons (Fsp3) is 0.107. The number of anilines is 2. The van der Waals surface area contributed by atoms with Gasteiger partial charge in [-0.3, -0.25) is 9.59 Å². The molecular formula is C28H23N3O7S2. The van der Waals surface area contributed by atoms with Crippen molar-refractivity contribution in [2.24, 2.45) is 0 Å². The number of nitrogens with zero attached hydrogens (tertiary/aromatic N) is 1. The lowest BCUT2D eigenvalue weighted by Crippen LogP contribution is -2.22. The Morgan fingerprint density at radius 3 is 2.42 bits per heavy atom. The van der Waals surface area contributed by atoms with Gasteiger partial charge in [0.15, 0.2) is 5.13 Å². The first kappa shape index (κ1) is 28.3. The molecule has 1 atom stereocenters. The maximum atomic E-state index is 12.8. The molecular weight excluding hydrogens is 554 g/mol. The van der Waals surface area contributed by atoms with Gasteiger partial charge < -0.3 is 25.6 Å². The number of carboxylic acids is 2. The molecule has 4 rings (SSSR count). The highest BCUT2D eigenvalue weighted by atomic mass is 32.2. The van der Waals surface area contributed by atoms with Crippen LogP contribution in [-0.4, -0.2) is 51.3 Å². The number of thioether (sulfide) groups is 1. The van der Waals surface area contributed by atoms with E-state index in [1.54, 1.807) is 38.3 Å². The van der Waals surface area contributed by atoms with E-state index >= 15 is 0 Å². The van der Waals surface area contributed by atoms with Gasteiger partial charge in [0.25, 0.3) is 5.91 Å². The van der Waals surface area contributed by atoms with Crippen molar-refractivity contribution in [3.05, 3.63) is 88.8 Å².